The SMILES string of the molecule is CC(C)(C)c1ccc2c(ccc3c(-c4cc5c6c(c4)CCc4cccc(c4-6)CC5)nccc32)c1. The highest BCUT2D eigenvalue weighted by molar-refractivity contribution is 6.11. The zero-order chi connectivity index (χ0) is 23.0. The molecule has 0 bridgehead atoms. The van der Waals surface area contributed by atoms with Gasteiger partial charge in [-0.05, 0) is 104 Å². The number of aryl methyl sites for hydroxylation is 4. The van der Waals surface area contributed by atoms with Crippen LogP contribution in [0.15, 0.2) is 72.9 Å². The Labute approximate surface area is 201 Å². The van der Waals surface area contributed by atoms with Gasteiger partial charge in [0.15, 0.2) is 0 Å². The van der Waals surface area contributed by atoms with E-state index >= 15 is 0 Å². The molecule has 0 N–H and O–H groups in total. The van der Waals surface area contributed by atoms with Crippen molar-refractivity contribution in [2.75, 3.05) is 0 Å². The van der Waals surface area contributed by atoms with Crippen molar-refractivity contribution in [3.63, 3.8) is 0 Å². The first-order valence-electron chi connectivity index (χ1n) is 12.6. The third-order valence-electron chi connectivity index (χ3n) is 8.02. The van der Waals surface area contributed by atoms with Crippen LogP contribution >= 0.6 is 0 Å². The van der Waals surface area contributed by atoms with Crippen molar-refractivity contribution in [1.29, 1.82) is 0 Å². The Morgan fingerprint density at radius 2 is 1.26 bits per heavy atom. The predicted octanol–water partition coefficient (Wildman–Crippen LogP) is 8.22. The lowest BCUT2D eigenvalue weighted by molar-refractivity contribution is 0.591. The highest BCUT2D eigenvalue weighted by atomic mass is 14.7. The number of fused-ring (bicyclic) bond motifs is 3. The van der Waals surface area contributed by atoms with E-state index in [2.05, 4.69) is 87.5 Å². The highest BCUT2D eigenvalue weighted by Crippen LogP contribution is 2.44. The summed E-state index contributed by atoms with van der Waals surface area (Å²) in [7, 11) is 0. The number of hydrogen-bond donors (Lipinski definition) is 0. The van der Waals surface area contributed by atoms with Gasteiger partial charge in [-0.15, -0.1) is 0 Å². The Hall–Kier alpha value is -3.45. The second kappa shape index (κ2) is 7.03. The lowest BCUT2D eigenvalue weighted by Crippen LogP contribution is -2.14. The van der Waals surface area contributed by atoms with Crippen LogP contribution in [-0.4, -0.2) is 4.98 Å². The topological polar surface area (TPSA) is 12.9 Å². The molecule has 0 unspecified atom stereocenters. The van der Waals surface area contributed by atoms with Crippen LogP contribution in [0.3, 0.4) is 0 Å². The molecular formula is C33H29N. The van der Waals surface area contributed by atoms with Gasteiger partial charge in [0, 0.05) is 17.1 Å². The molecule has 2 aliphatic carbocycles. The standard InChI is InChI=1S/C33H29N/c1-33(2,3)26-12-14-27-22(19-26)11-13-29-28(27)15-16-34-32(29)25-17-23-9-7-20-5-4-6-21-8-10-24(18-25)31(23)30(20)21/h4-6,11-19H,7-10H2,1-3H3. The van der Waals surface area contributed by atoms with Crippen molar-refractivity contribution in [2.45, 2.75) is 51.9 Å². The zero-order valence-corrected chi connectivity index (χ0v) is 20.2. The van der Waals surface area contributed by atoms with Crippen molar-refractivity contribution in [3.8, 4) is 22.4 Å². The summed E-state index contributed by atoms with van der Waals surface area (Å²) < 4.78 is 0. The maximum Gasteiger partial charge on any atom is 0.0780 e. The highest BCUT2D eigenvalue weighted by Gasteiger charge is 2.26. The molecule has 0 spiro atoms. The molecule has 34 heavy (non-hydrogen) atoms. The number of benzene rings is 4. The van der Waals surface area contributed by atoms with Gasteiger partial charge in [0.1, 0.15) is 0 Å². The fourth-order valence-electron chi connectivity index (χ4n) is 6.24. The van der Waals surface area contributed by atoms with Crippen LogP contribution in [0, 0.1) is 0 Å². The molecule has 0 saturated heterocycles. The van der Waals surface area contributed by atoms with Gasteiger partial charge in [-0.25, -0.2) is 0 Å². The van der Waals surface area contributed by atoms with E-state index in [0.717, 1.165) is 31.4 Å². The molecule has 0 amide bonds. The largest absolute Gasteiger partial charge is 0.256 e. The minimum absolute atomic E-state index is 0.148. The number of rotatable bonds is 1. The quantitative estimate of drug-likeness (QED) is 0.240. The van der Waals surface area contributed by atoms with E-state index in [-0.39, 0.29) is 5.41 Å². The number of aromatic nitrogens is 1. The summed E-state index contributed by atoms with van der Waals surface area (Å²) in [5.74, 6) is 0. The lowest BCUT2D eigenvalue weighted by atomic mass is 9.74. The Bertz CT molecular complexity index is 1580. The van der Waals surface area contributed by atoms with Crippen molar-refractivity contribution >= 4 is 21.5 Å². The summed E-state index contributed by atoms with van der Waals surface area (Å²) >= 11 is 0. The third kappa shape index (κ3) is 2.89. The molecule has 1 heteroatoms. The van der Waals surface area contributed by atoms with Crippen LogP contribution in [-0.2, 0) is 31.1 Å². The van der Waals surface area contributed by atoms with E-state index in [1.54, 1.807) is 0 Å². The average Bonchev–Trinajstić information content (AvgIpc) is 2.85. The zero-order valence-electron chi connectivity index (χ0n) is 20.2. The molecule has 5 aromatic rings. The van der Waals surface area contributed by atoms with Crippen molar-refractivity contribution in [1.82, 2.24) is 4.98 Å². The van der Waals surface area contributed by atoms with Crippen LogP contribution < -0.4 is 0 Å². The second-order valence-corrected chi connectivity index (χ2v) is 11.1. The van der Waals surface area contributed by atoms with Gasteiger partial charge in [-0.1, -0.05) is 69.3 Å². The van der Waals surface area contributed by atoms with Crippen LogP contribution in [0.5, 0.6) is 0 Å². The van der Waals surface area contributed by atoms with E-state index in [9.17, 15) is 0 Å². The Balaban J connectivity index is 1.43. The van der Waals surface area contributed by atoms with Crippen LogP contribution in [0.4, 0.5) is 0 Å². The maximum atomic E-state index is 4.92. The molecule has 0 aliphatic heterocycles. The van der Waals surface area contributed by atoms with Gasteiger partial charge in [-0.3, -0.25) is 4.98 Å². The summed E-state index contributed by atoms with van der Waals surface area (Å²) in [6.07, 6.45) is 6.52. The van der Waals surface area contributed by atoms with E-state index in [1.165, 1.54) is 66.1 Å². The summed E-state index contributed by atoms with van der Waals surface area (Å²) in [6.45, 7) is 6.84. The van der Waals surface area contributed by atoms with Gasteiger partial charge in [0.25, 0.3) is 0 Å². The molecule has 7 rings (SSSR count). The molecular weight excluding hydrogens is 410 g/mol. The van der Waals surface area contributed by atoms with Gasteiger partial charge >= 0.3 is 0 Å². The van der Waals surface area contributed by atoms with Crippen LogP contribution in [0.25, 0.3) is 43.9 Å². The minimum atomic E-state index is 0.148. The molecule has 0 radical (unpaired) electrons. The normalized spacial score (nSPS) is 14.4. The first-order chi connectivity index (χ1) is 16.5. The molecule has 1 nitrogen and oxygen atoms in total. The van der Waals surface area contributed by atoms with Gasteiger partial charge < -0.3 is 0 Å². The van der Waals surface area contributed by atoms with Gasteiger partial charge in [0.05, 0.1) is 5.69 Å². The summed E-state index contributed by atoms with van der Waals surface area (Å²) in [4.78, 5) is 4.92. The fourth-order valence-corrected chi connectivity index (χ4v) is 6.24. The summed E-state index contributed by atoms with van der Waals surface area (Å²) in [5.41, 5.74) is 13.0. The molecule has 1 aromatic heterocycles. The van der Waals surface area contributed by atoms with E-state index in [0.29, 0.717) is 0 Å². The maximum absolute atomic E-state index is 4.92. The second-order valence-electron chi connectivity index (χ2n) is 11.1. The molecule has 4 aromatic carbocycles. The molecule has 0 fully saturated rings. The smallest absolute Gasteiger partial charge is 0.0780 e. The Morgan fingerprint density at radius 3 is 1.97 bits per heavy atom. The summed E-state index contributed by atoms with van der Waals surface area (Å²) in [6, 6.07) is 25.4. The molecule has 0 saturated carbocycles. The molecule has 1 heterocycles. The van der Waals surface area contributed by atoms with Gasteiger partial charge in [0.2, 0.25) is 0 Å². The van der Waals surface area contributed by atoms with Crippen molar-refractivity contribution in [3.05, 3.63) is 101 Å². The monoisotopic (exact) mass is 439 g/mol. The van der Waals surface area contributed by atoms with Crippen molar-refractivity contribution < 1.29 is 0 Å². The van der Waals surface area contributed by atoms with Gasteiger partial charge in [-0.2, -0.15) is 0 Å². The first-order valence-corrected chi connectivity index (χ1v) is 12.6. The van der Waals surface area contributed by atoms with E-state index < -0.39 is 0 Å². The number of hydrogen-bond acceptors (Lipinski definition) is 1. The number of pyridine rings is 1. The third-order valence-corrected chi connectivity index (χ3v) is 8.02. The first kappa shape index (κ1) is 20.0. The van der Waals surface area contributed by atoms with Crippen molar-refractivity contribution in [2.24, 2.45) is 0 Å². The Kier molecular flexibility index (Phi) is 4.13. The van der Waals surface area contributed by atoms with Crippen LogP contribution in [0.2, 0.25) is 0 Å². The van der Waals surface area contributed by atoms with E-state index in [4.69, 9.17) is 4.98 Å². The fraction of sp³-hybridized carbons (Fsp3) is 0.242. The predicted molar refractivity (Wildman–Crippen MR) is 144 cm³/mol. The number of nitrogens with zero attached hydrogens (tertiary/aromatic N) is 1. The molecule has 166 valence electrons. The average molecular weight is 440 g/mol. The Morgan fingerprint density at radius 1 is 0.618 bits per heavy atom. The summed E-state index contributed by atoms with van der Waals surface area (Å²) in [5, 5.41) is 5.16. The van der Waals surface area contributed by atoms with Crippen LogP contribution in [0.1, 0.15) is 48.6 Å². The van der Waals surface area contributed by atoms with E-state index in [1.807, 2.05) is 6.20 Å². The minimum Gasteiger partial charge on any atom is -0.256 e. The molecule has 0 atom stereocenters. The molecule has 2 aliphatic rings. The lowest BCUT2D eigenvalue weighted by Gasteiger charge is -2.30.